The third-order valence-electron chi connectivity index (χ3n) is 3.06. The minimum Gasteiger partial charge on any atom is -0.482 e. The van der Waals surface area contributed by atoms with E-state index >= 15 is 0 Å². The lowest BCUT2D eigenvalue weighted by atomic mass is 10.0. The molecule has 114 valence electrons. The van der Waals surface area contributed by atoms with Crippen LogP contribution in [0.4, 0.5) is 5.69 Å². The number of nitrogens with one attached hydrogen (secondary N) is 1. The van der Waals surface area contributed by atoms with Gasteiger partial charge in [-0.05, 0) is 24.1 Å². The highest BCUT2D eigenvalue weighted by atomic mass is 32.2. The molecule has 1 aromatic carbocycles. The molecule has 0 aliphatic carbocycles. The molecule has 1 aromatic rings. The Hall–Kier alpha value is -1.57. The molecule has 6 nitrogen and oxygen atoms in total. The lowest BCUT2D eigenvalue weighted by molar-refractivity contribution is -0.118. The summed E-state index contributed by atoms with van der Waals surface area (Å²) in [6.45, 7) is 1.40. The number of hydrogen-bond donors (Lipinski definition) is 3. The van der Waals surface area contributed by atoms with Gasteiger partial charge in [0.25, 0.3) is 5.91 Å². The van der Waals surface area contributed by atoms with Gasteiger partial charge in [-0.1, -0.05) is 17.8 Å². The van der Waals surface area contributed by atoms with Crippen molar-refractivity contribution in [3.8, 4) is 5.75 Å². The Morgan fingerprint density at radius 3 is 2.95 bits per heavy atom. The number of anilines is 1. The number of benzene rings is 1. The fraction of sp³-hybridized carbons (Fsp3) is 0.429. The van der Waals surface area contributed by atoms with Crippen LogP contribution >= 0.6 is 11.8 Å². The number of aliphatic hydroxyl groups is 2. The highest BCUT2D eigenvalue weighted by Crippen LogP contribution is 2.32. The van der Waals surface area contributed by atoms with Gasteiger partial charge in [-0.2, -0.15) is 0 Å². The van der Waals surface area contributed by atoms with E-state index in [-0.39, 0.29) is 17.6 Å². The zero-order chi connectivity index (χ0) is 15.4. The van der Waals surface area contributed by atoms with Crippen LogP contribution in [0.2, 0.25) is 0 Å². The normalized spacial score (nSPS) is 16.4. The Kier molecular flexibility index (Phi) is 5.22. The maximum absolute atomic E-state index is 11.2. The molecule has 0 fully saturated rings. The topological polar surface area (TPSA) is 95.9 Å². The molecule has 0 saturated heterocycles. The maximum Gasteiger partial charge on any atom is 0.262 e. The van der Waals surface area contributed by atoms with E-state index in [1.165, 1.54) is 6.92 Å². The van der Waals surface area contributed by atoms with Gasteiger partial charge in [0.2, 0.25) is 0 Å². The predicted octanol–water partition coefficient (Wildman–Crippen LogP) is 1.08. The second-order valence-corrected chi connectivity index (χ2v) is 6.01. The summed E-state index contributed by atoms with van der Waals surface area (Å²) >= 11 is 1.11. The number of aliphatic hydroxyl groups excluding tert-OH is 2. The standard InChI is InChI=1S/C14H17NO5S/c1-8(16)21-5-4-11(17)14(19)9-2-3-10-12(6-9)20-7-13(18)15-10/h2-3,6,11,14,17,19H,4-5,7H2,1H3,(H,15,18). The summed E-state index contributed by atoms with van der Waals surface area (Å²) in [6, 6.07) is 4.85. The first-order valence-corrected chi connectivity index (χ1v) is 7.52. The molecular formula is C14H17NO5S. The average Bonchev–Trinajstić information content (AvgIpc) is 2.45. The predicted molar refractivity (Wildman–Crippen MR) is 79.3 cm³/mol. The van der Waals surface area contributed by atoms with Crippen molar-refractivity contribution in [2.75, 3.05) is 17.7 Å². The number of hydrogen-bond acceptors (Lipinski definition) is 6. The van der Waals surface area contributed by atoms with Gasteiger partial charge in [-0.15, -0.1) is 0 Å². The van der Waals surface area contributed by atoms with Gasteiger partial charge in [0.15, 0.2) is 11.7 Å². The number of carbonyl (C=O) groups is 2. The minimum atomic E-state index is -1.07. The number of rotatable bonds is 5. The molecule has 0 radical (unpaired) electrons. The second kappa shape index (κ2) is 6.93. The average molecular weight is 311 g/mol. The van der Waals surface area contributed by atoms with Gasteiger partial charge in [0, 0.05) is 12.7 Å². The van der Waals surface area contributed by atoms with Crippen LogP contribution in [-0.2, 0) is 9.59 Å². The monoisotopic (exact) mass is 311 g/mol. The van der Waals surface area contributed by atoms with Crippen LogP contribution in [0.3, 0.4) is 0 Å². The van der Waals surface area contributed by atoms with Gasteiger partial charge in [-0.25, -0.2) is 0 Å². The molecule has 2 rings (SSSR count). The number of ether oxygens (including phenoxy) is 1. The van der Waals surface area contributed by atoms with Crippen LogP contribution in [0, 0.1) is 0 Å². The SMILES string of the molecule is CC(=O)SCCC(O)C(O)c1ccc2c(c1)OCC(=O)N2. The van der Waals surface area contributed by atoms with E-state index in [1.54, 1.807) is 18.2 Å². The zero-order valence-corrected chi connectivity index (χ0v) is 12.4. The Morgan fingerprint density at radius 1 is 1.48 bits per heavy atom. The van der Waals surface area contributed by atoms with Gasteiger partial charge in [0.05, 0.1) is 11.8 Å². The van der Waals surface area contributed by atoms with Crippen molar-refractivity contribution in [3.05, 3.63) is 23.8 Å². The molecule has 1 amide bonds. The van der Waals surface area contributed by atoms with E-state index < -0.39 is 12.2 Å². The van der Waals surface area contributed by atoms with Crippen LogP contribution in [0.25, 0.3) is 0 Å². The molecule has 0 bridgehead atoms. The minimum absolute atomic E-state index is 0.0189. The Bertz CT molecular complexity index is 548. The van der Waals surface area contributed by atoms with E-state index in [0.717, 1.165) is 11.8 Å². The van der Waals surface area contributed by atoms with Gasteiger partial charge in [0.1, 0.15) is 11.9 Å². The summed E-state index contributed by atoms with van der Waals surface area (Å²) in [7, 11) is 0. The number of carbonyl (C=O) groups excluding carboxylic acids is 2. The summed E-state index contributed by atoms with van der Waals surface area (Å²) in [4.78, 5) is 22.0. The third-order valence-corrected chi connectivity index (χ3v) is 3.91. The number of fused-ring (bicyclic) bond motifs is 1. The van der Waals surface area contributed by atoms with Crippen molar-refractivity contribution < 1.29 is 24.5 Å². The summed E-state index contributed by atoms with van der Waals surface area (Å²) in [5, 5.41) is 22.7. The fourth-order valence-corrected chi connectivity index (χ4v) is 2.63. The van der Waals surface area contributed by atoms with E-state index in [2.05, 4.69) is 5.32 Å². The molecule has 0 aromatic heterocycles. The smallest absolute Gasteiger partial charge is 0.262 e. The Balaban J connectivity index is 2.00. The summed E-state index contributed by atoms with van der Waals surface area (Å²) in [5.74, 6) is 0.693. The van der Waals surface area contributed by atoms with Crippen LogP contribution in [0.15, 0.2) is 18.2 Å². The molecule has 7 heteroatoms. The molecule has 0 saturated carbocycles. The summed E-state index contributed by atoms with van der Waals surface area (Å²) < 4.78 is 5.27. The first-order chi connectivity index (χ1) is 9.97. The lowest BCUT2D eigenvalue weighted by Crippen LogP contribution is -2.26. The third kappa shape index (κ3) is 4.20. The van der Waals surface area contributed by atoms with Crippen LogP contribution in [-0.4, -0.2) is 39.7 Å². The number of thioether (sulfide) groups is 1. The van der Waals surface area contributed by atoms with Crippen molar-refractivity contribution in [1.29, 1.82) is 0 Å². The molecule has 2 unspecified atom stereocenters. The van der Waals surface area contributed by atoms with E-state index in [0.29, 0.717) is 29.2 Å². The molecule has 1 heterocycles. The van der Waals surface area contributed by atoms with Gasteiger partial charge >= 0.3 is 0 Å². The van der Waals surface area contributed by atoms with Crippen molar-refractivity contribution in [1.82, 2.24) is 0 Å². The van der Waals surface area contributed by atoms with Gasteiger partial charge < -0.3 is 20.3 Å². The summed E-state index contributed by atoms with van der Waals surface area (Å²) in [6.07, 6.45) is -1.72. The van der Waals surface area contributed by atoms with E-state index in [4.69, 9.17) is 4.74 Å². The maximum atomic E-state index is 11.2. The van der Waals surface area contributed by atoms with Crippen LogP contribution < -0.4 is 10.1 Å². The van der Waals surface area contributed by atoms with Crippen molar-refractivity contribution >= 4 is 28.5 Å². The van der Waals surface area contributed by atoms with Crippen molar-refractivity contribution in [3.63, 3.8) is 0 Å². The lowest BCUT2D eigenvalue weighted by Gasteiger charge is -2.22. The quantitative estimate of drug-likeness (QED) is 0.753. The zero-order valence-electron chi connectivity index (χ0n) is 11.5. The van der Waals surface area contributed by atoms with E-state index in [1.807, 2.05) is 0 Å². The van der Waals surface area contributed by atoms with Gasteiger partial charge in [-0.3, -0.25) is 9.59 Å². The highest BCUT2D eigenvalue weighted by molar-refractivity contribution is 8.13. The molecule has 0 spiro atoms. The molecule has 3 N–H and O–H groups in total. The van der Waals surface area contributed by atoms with Crippen LogP contribution in [0.1, 0.15) is 25.0 Å². The second-order valence-electron chi connectivity index (χ2n) is 4.73. The number of amides is 1. The van der Waals surface area contributed by atoms with E-state index in [9.17, 15) is 19.8 Å². The summed E-state index contributed by atoms with van der Waals surface area (Å²) in [5.41, 5.74) is 1.05. The molecular weight excluding hydrogens is 294 g/mol. The van der Waals surface area contributed by atoms with Crippen molar-refractivity contribution in [2.24, 2.45) is 0 Å². The first kappa shape index (κ1) is 15.8. The first-order valence-electron chi connectivity index (χ1n) is 6.53. The Labute approximate surface area is 126 Å². The van der Waals surface area contributed by atoms with Crippen molar-refractivity contribution in [2.45, 2.75) is 25.6 Å². The molecule has 21 heavy (non-hydrogen) atoms. The van der Waals surface area contributed by atoms with Crippen LogP contribution in [0.5, 0.6) is 5.75 Å². The fourth-order valence-electron chi connectivity index (χ4n) is 1.98. The molecule has 1 aliphatic rings. The molecule has 1 aliphatic heterocycles. The largest absolute Gasteiger partial charge is 0.482 e. The Morgan fingerprint density at radius 2 is 2.24 bits per heavy atom. The highest BCUT2D eigenvalue weighted by Gasteiger charge is 2.22. The molecule has 2 atom stereocenters.